The number of nitrogens with zero attached hydrogens (tertiary/aromatic N) is 1. The first-order chi connectivity index (χ1) is 12.6. The van der Waals surface area contributed by atoms with Crippen LogP contribution in [0.25, 0.3) is 0 Å². The third kappa shape index (κ3) is 6.83. The Hall–Kier alpha value is -1.22. The molecule has 2 aromatic carbocycles. The SMILES string of the molecule is CCCN(CCC)CCc1cc(Cl)cc(Cl)c1OCCc1ccccc1. The molecule has 0 aliphatic carbocycles. The van der Waals surface area contributed by atoms with Crippen LogP contribution in [0.2, 0.25) is 10.0 Å². The lowest BCUT2D eigenvalue weighted by Crippen LogP contribution is -2.27. The molecule has 2 rings (SSSR count). The van der Waals surface area contributed by atoms with Crippen LogP contribution >= 0.6 is 23.2 Å². The lowest BCUT2D eigenvalue weighted by Gasteiger charge is -2.22. The summed E-state index contributed by atoms with van der Waals surface area (Å²) in [5, 5.41) is 1.26. The Bertz CT molecular complexity index is 655. The summed E-state index contributed by atoms with van der Waals surface area (Å²) >= 11 is 12.7. The van der Waals surface area contributed by atoms with E-state index in [0.29, 0.717) is 16.7 Å². The molecule has 0 spiro atoms. The van der Waals surface area contributed by atoms with Crippen LogP contribution in [0.15, 0.2) is 42.5 Å². The van der Waals surface area contributed by atoms with E-state index in [0.717, 1.165) is 56.6 Å². The van der Waals surface area contributed by atoms with Gasteiger partial charge in [-0.1, -0.05) is 67.4 Å². The van der Waals surface area contributed by atoms with Gasteiger partial charge in [-0.05, 0) is 55.6 Å². The Balaban J connectivity index is 2.02. The molecule has 0 unspecified atom stereocenters. The normalized spacial score (nSPS) is 11.1. The maximum absolute atomic E-state index is 6.43. The molecule has 0 N–H and O–H groups in total. The summed E-state index contributed by atoms with van der Waals surface area (Å²) in [5.74, 6) is 0.778. The van der Waals surface area contributed by atoms with Gasteiger partial charge in [-0.2, -0.15) is 0 Å². The molecule has 0 radical (unpaired) electrons. The van der Waals surface area contributed by atoms with Crippen LogP contribution in [-0.4, -0.2) is 31.1 Å². The summed E-state index contributed by atoms with van der Waals surface area (Å²) in [6.07, 6.45) is 4.07. The zero-order valence-corrected chi connectivity index (χ0v) is 17.3. The minimum Gasteiger partial charge on any atom is -0.491 e. The van der Waals surface area contributed by atoms with Crippen LogP contribution in [0.3, 0.4) is 0 Å². The van der Waals surface area contributed by atoms with Crippen molar-refractivity contribution in [3.05, 3.63) is 63.6 Å². The number of hydrogen-bond donors (Lipinski definition) is 0. The fourth-order valence-corrected chi connectivity index (χ4v) is 3.71. The van der Waals surface area contributed by atoms with Crippen molar-refractivity contribution < 1.29 is 4.74 Å². The molecule has 0 aliphatic heterocycles. The number of hydrogen-bond acceptors (Lipinski definition) is 2. The molecule has 0 aliphatic rings. The molecular weight excluding hydrogens is 365 g/mol. The maximum Gasteiger partial charge on any atom is 0.141 e. The average molecular weight is 394 g/mol. The lowest BCUT2D eigenvalue weighted by atomic mass is 10.1. The second kappa shape index (κ2) is 11.5. The van der Waals surface area contributed by atoms with Gasteiger partial charge in [-0.25, -0.2) is 0 Å². The van der Waals surface area contributed by atoms with E-state index >= 15 is 0 Å². The van der Waals surface area contributed by atoms with E-state index in [9.17, 15) is 0 Å². The summed E-state index contributed by atoms with van der Waals surface area (Å²) in [5.41, 5.74) is 2.35. The van der Waals surface area contributed by atoms with Crippen LogP contribution in [0, 0.1) is 0 Å². The minimum atomic E-state index is 0.595. The highest BCUT2D eigenvalue weighted by Gasteiger charge is 2.13. The van der Waals surface area contributed by atoms with Gasteiger partial charge < -0.3 is 9.64 Å². The third-order valence-electron chi connectivity index (χ3n) is 4.34. The van der Waals surface area contributed by atoms with Gasteiger partial charge >= 0.3 is 0 Å². The lowest BCUT2D eigenvalue weighted by molar-refractivity contribution is 0.274. The topological polar surface area (TPSA) is 12.5 Å². The molecule has 0 aromatic heterocycles. The molecule has 26 heavy (non-hydrogen) atoms. The maximum atomic E-state index is 6.43. The van der Waals surface area contributed by atoms with Crippen molar-refractivity contribution in [2.75, 3.05) is 26.2 Å². The van der Waals surface area contributed by atoms with Crippen LogP contribution in [0.4, 0.5) is 0 Å². The summed E-state index contributed by atoms with van der Waals surface area (Å²) in [6, 6.07) is 14.1. The van der Waals surface area contributed by atoms with Crippen molar-refractivity contribution in [1.29, 1.82) is 0 Å². The molecule has 0 saturated heterocycles. The Labute approximate surface area is 168 Å². The summed E-state index contributed by atoms with van der Waals surface area (Å²) in [7, 11) is 0. The van der Waals surface area contributed by atoms with Crippen molar-refractivity contribution in [2.45, 2.75) is 39.5 Å². The molecular formula is C22H29Cl2NO. The van der Waals surface area contributed by atoms with Gasteiger partial charge in [0.1, 0.15) is 5.75 Å². The van der Waals surface area contributed by atoms with Crippen molar-refractivity contribution in [2.24, 2.45) is 0 Å². The van der Waals surface area contributed by atoms with E-state index in [1.807, 2.05) is 24.3 Å². The number of ether oxygens (including phenoxy) is 1. The quantitative estimate of drug-likeness (QED) is 0.445. The zero-order valence-electron chi connectivity index (χ0n) is 15.8. The summed E-state index contributed by atoms with van der Waals surface area (Å²) in [6.45, 7) is 8.27. The smallest absolute Gasteiger partial charge is 0.141 e. The molecule has 0 atom stereocenters. The van der Waals surface area contributed by atoms with Crippen molar-refractivity contribution in [3.8, 4) is 5.75 Å². The fourth-order valence-electron chi connectivity index (χ4n) is 3.12. The molecule has 142 valence electrons. The molecule has 0 saturated carbocycles. The van der Waals surface area contributed by atoms with E-state index in [1.165, 1.54) is 5.56 Å². The van der Waals surface area contributed by atoms with Crippen molar-refractivity contribution in [1.82, 2.24) is 4.90 Å². The van der Waals surface area contributed by atoms with Crippen LogP contribution in [0.5, 0.6) is 5.75 Å². The van der Waals surface area contributed by atoms with E-state index < -0.39 is 0 Å². The van der Waals surface area contributed by atoms with E-state index in [2.05, 4.69) is 30.9 Å². The van der Waals surface area contributed by atoms with E-state index in [4.69, 9.17) is 27.9 Å². The van der Waals surface area contributed by atoms with Gasteiger partial charge in [0.05, 0.1) is 11.6 Å². The summed E-state index contributed by atoms with van der Waals surface area (Å²) in [4.78, 5) is 2.49. The molecule has 0 heterocycles. The zero-order chi connectivity index (χ0) is 18.8. The minimum absolute atomic E-state index is 0.595. The third-order valence-corrected chi connectivity index (χ3v) is 4.84. The van der Waals surface area contributed by atoms with Crippen LogP contribution in [-0.2, 0) is 12.8 Å². The van der Waals surface area contributed by atoms with Crippen LogP contribution < -0.4 is 4.74 Å². The van der Waals surface area contributed by atoms with Gasteiger partial charge in [-0.15, -0.1) is 0 Å². The van der Waals surface area contributed by atoms with E-state index in [1.54, 1.807) is 6.07 Å². The number of benzene rings is 2. The number of halogens is 2. The first kappa shape index (κ1) is 21.1. The Morgan fingerprint density at radius 1 is 0.885 bits per heavy atom. The summed E-state index contributed by atoms with van der Waals surface area (Å²) < 4.78 is 6.07. The predicted molar refractivity (Wildman–Crippen MR) is 113 cm³/mol. The molecule has 0 bridgehead atoms. The van der Waals surface area contributed by atoms with Gasteiger partial charge in [0.25, 0.3) is 0 Å². The van der Waals surface area contributed by atoms with Crippen LogP contribution in [0.1, 0.15) is 37.8 Å². The average Bonchev–Trinajstić information content (AvgIpc) is 2.63. The second-order valence-electron chi connectivity index (χ2n) is 6.55. The standard InChI is InChI=1S/C22H29Cl2NO/c1-3-12-25(13-4-2)14-10-19-16-20(23)17-21(24)22(19)26-15-11-18-8-6-5-7-9-18/h5-9,16-17H,3-4,10-15H2,1-2H3. The highest BCUT2D eigenvalue weighted by molar-refractivity contribution is 6.35. The highest BCUT2D eigenvalue weighted by Crippen LogP contribution is 2.33. The monoisotopic (exact) mass is 393 g/mol. The Morgan fingerprint density at radius 3 is 2.23 bits per heavy atom. The molecule has 0 amide bonds. The molecule has 2 aromatic rings. The van der Waals surface area contributed by atoms with Crippen molar-refractivity contribution >= 4 is 23.2 Å². The van der Waals surface area contributed by atoms with Crippen molar-refractivity contribution in [3.63, 3.8) is 0 Å². The first-order valence-electron chi connectivity index (χ1n) is 9.51. The number of rotatable bonds is 11. The largest absolute Gasteiger partial charge is 0.491 e. The van der Waals surface area contributed by atoms with Gasteiger partial charge in [-0.3, -0.25) is 0 Å². The Kier molecular flexibility index (Phi) is 9.31. The molecule has 4 heteroatoms. The van der Waals surface area contributed by atoms with Gasteiger partial charge in [0.2, 0.25) is 0 Å². The predicted octanol–water partition coefficient (Wildman–Crippen LogP) is 6.28. The van der Waals surface area contributed by atoms with Gasteiger partial charge in [0, 0.05) is 18.0 Å². The van der Waals surface area contributed by atoms with E-state index in [-0.39, 0.29) is 0 Å². The Morgan fingerprint density at radius 2 is 1.58 bits per heavy atom. The van der Waals surface area contributed by atoms with Gasteiger partial charge in [0.15, 0.2) is 0 Å². The fraction of sp³-hybridized carbons (Fsp3) is 0.455. The first-order valence-corrected chi connectivity index (χ1v) is 10.3. The molecule has 2 nitrogen and oxygen atoms in total. The second-order valence-corrected chi connectivity index (χ2v) is 7.40. The highest BCUT2D eigenvalue weighted by atomic mass is 35.5. The molecule has 0 fully saturated rings.